The number of anilines is 1. The first-order chi connectivity index (χ1) is 20.0. The molecule has 1 aliphatic rings. The third-order valence-corrected chi connectivity index (χ3v) is 9.92. The Morgan fingerprint density at radius 3 is 2.10 bits per heavy atom. The number of amides is 2. The Morgan fingerprint density at radius 2 is 1.50 bits per heavy atom. The first-order valence-electron chi connectivity index (χ1n) is 14.5. The van der Waals surface area contributed by atoms with E-state index in [-0.39, 0.29) is 23.4 Å². The highest BCUT2D eigenvalue weighted by molar-refractivity contribution is 7.92. The predicted molar refractivity (Wildman–Crippen MR) is 168 cm³/mol. The summed E-state index contributed by atoms with van der Waals surface area (Å²) in [6, 6.07) is 18.4. The van der Waals surface area contributed by atoms with Gasteiger partial charge in [-0.3, -0.25) is 13.9 Å². The van der Waals surface area contributed by atoms with Gasteiger partial charge in [0.2, 0.25) is 11.8 Å². The zero-order chi connectivity index (χ0) is 30.4. The molecule has 1 saturated carbocycles. The molecule has 0 radical (unpaired) electrons. The van der Waals surface area contributed by atoms with Crippen LogP contribution in [0.25, 0.3) is 0 Å². The van der Waals surface area contributed by atoms with Crippen LogP contribution in [0, 0.1) is 20.8 Å². The van der Waals surface area contributed by atoms with Crippen molar-refractivity contribution in [2.24, 2.45) is 0 Å². The van der Waals surface area contributed by atoms with Crippen molar-refractivity contribution in [3.8, 4) is 0 Å². The highest BCUT2D eigenvalue weighted by Crippen LogP contribution is 2.30. The van der Waals surface area contributed by atoms with Gasteiger partial charge in [0.05, 0.1) is 10.6 Å². The molecule has 9 heteroatoms. The monoisotopic (exact) mass is 609 g/mol. The molecular weight excluding hydrogens is 570 g/mol. The van der Waals surface area contributed by atoms with Crippen molar-refractivity contribution in [1.29, 1.82) is 0 Å². The van der Waals surface area contributed by atoms with Gasteiger partial charge < -0.3 is 10.2 Å². The maximum Gasteiger partial charge on any atom is 0.264 e. The van der Waals surface area contributed by atoms with Crippen molar-refractivity contribution in [1.82, 2.24) is 10.2 Å². The molecule has 4 rings (SSSR count). The second-order valence-corrected chi connectivity index (χ2v) is 13.6. The molecule has 1 N–H and O–H groups in total. The fraction of sp³-hybridized carbons (Fsp3) is 0.394. The van der Waals surface area contributed by atoms with Crippen LogP contribution < -0.4 is 9.62 Å². The number of hydrogen-bond donors (Lipinski definition) is 1. The van der Waals surface area contributed by atoms with Crippen molar-refractivity contribution in [3.05, 3.63) is 94.0 Å². The molecule has 7 nitrogen and oxygen atoms in total. The first kappa shape index (κ1) is 31.6. The van der Waals surface area contributed by atoms with Gasteiger partial charge in [-0.25, -0.2) is 8.42 Å². The van der Waals surface area contributed by atoms with Gasteiger partial charge in [0.25, 0.3) is 10.0 Å². The normalized spacial score (nSPS) is 14.7. The minimum absolute atomic E-state index is 0.0726. The average Bonchev–Trinajstić information content (AvgIpc) is 2.96. The summed E-state index contributed by atoms with van der Waals surface area (Å²) in [6.45, 7) is 7.01. The van der Waals surface area contributed by atoms with Gasteiger partial charge in [0.1, 0.15) is 12.6 Å². The molecule has 2 amide bonds. The van der Waals surface area contributed by atoms with E-state index in [1.54, 1.807) is 44.2 Å². The zero-order valence-electron chi connectivity index (χ0n) is 24.8. The van der Waals surface area contributed by atoms with E-state index in [0.29, 0.717) is 16.3 Å². The van der Waals surface area contributed by atoms with Crippen molar-refractivity contribution >= 4 is 39.1 Å². The summed E-state index contributed by atoms with van der Waals surface area (Å²) in [4.78, 5) is 29.2. The van der Waals surface area contributed by atoms with Crippen LogP contribution in [0.15, 0.2) is 71.6 Å². The van der Waals surface area contributed by atoms with Crippen LogP contribution in [0.3, 0.4) is 0 Å². The Balaban J connectivity index is 1.69. The fourth-order valence-corrected chi connectivity index (χ4v) is 7.00. The Kier molecular flexibility index (Phi) is 10.3. The topological polar surface area (TPSA) is 86.8 Å². The number of carbonyl (C=O) groups is 2. The SMILES string of the molecule is Cc1ccc(CN(C(=O)CN(c2ccc(Cl)cc2C)S(=O)(=O)c2ccc(C)cc2)C(C)C(=O)NC2CCCCC2)cc1. The van der Waals surface area contributed by atoms with E-state index in [2.05, 4.69) is 5.32 Å². The summed E-state index contributed by atoms with van der Waals surface area (Å²) in [5, 5.41) is 3.59. The molecular formula is C33H40ClN3O4S. The number of rotatable bonds is 10. The van der Waals surface area contributed by atoms with Gasteiger partial charge >= 0.3 is 0 Å². The third-order valence-electron chi connectivity index (χ3n) is 7.91. The maximum atomic E-state index is 14.2. The van der Waals surface area contributed by atoms with E-state index in [9.17, 15) is 18.0 Å². The van der Waals surface area contributed by atoms with Crippen molar-refractivity contribution < 1.29 is 18.0 Å². The second-order valence-electron chi connectivity index (χ2n) is 11.3. The van der Waals surface area contributed by atoms with Crippen LogP contribution in [0.1, 0.15) is 61.3 Å². The van der Waals surface area contributed by atoms with Gasteiger partial charge in [-0.2, -0.15) is 0 Å². The number of halogens is 1. The third kappa shape index (κ3) is 7.72. The van der Waals surface area contributed by atoms with Crippen molar-refractivity contribution in [2.75, 3.05) is 10.8 Å². The summed E-state index contributed by atoms with van der Waals surface area (Å²) in [5.74, 6) is -0.718. The molecule has 1 unspecified atom stereocenters. The maximum absolute atomic E-state index is 14.2. The van der Waals surface area contributed by atoms with Crippen LogP contribution in [-0.2, 0) is 26.2 Å². The molecule has 1 fully saturated rings. The number of sulfonamides is 1. The van der Waals surface area contributed by atoms with E-state index in [0.717, 1.165) is 53.1 Å². The average molecular weight is 610 g/mol. The van der Waals surface area contributed by atoms with Crippen molar-refractivity contribution in [3.63, 3.8) is 0 Å². The number of aryl methyl sites for hydroxylation is 3. The molecule has 3 aromatic rings. The first-order valence-corrected chi connectivity index (χ1v) is 16.3. The molecule has 1 aliphatic carbocycles. The summed E-state index contributed by atoms with van der Waals surface area (Å²) in [5.41, 5.74) is 3.80. The second kappa shape index (κ2) is 13.7. The molecule has 224 valence electrons. The molecule has 42 heavy (non-hydrogen) atoms. The van der Waals surface area contributed by atoms with E-state index >= 15 is 0 Å². The van der Waals surface area contributed by atoms with Crippen LogP contribution in [0.4, 0.5) is 5.69 Å². The lowest BCUT2D eigenvalue weighted by Crippen LogP contribution is -2.53. The van der Waals surface area contributed by atoms with Gasteiger partial charge in [0, 0.05) is 17.6 Å². The predicted octanol–water partition coefficient (Wildman–Crippen LogP) is 6.33. The lowest BCUT2D eigenvalue weighted by atomic mass is 9.95. The van der Waals surface area contributed by atoms with E-state index in [4.69, 9.17) is 11.6 Å². The van der Waals surface area contributed by atoms with Crippen LogP contribution >= 0.6 is 11.6 Å². The highest BCUT2D eigenvalue weighted by atomic mass is 35.5. The van der Waals surface area contributed by atoms with Crippen LogP contribution in [-0.4, -0.2) is 43.8 Å². The Hall–Kier alpha value is -3.36. The quantitative estimate of drug-likeness (QED) is 0.291. The Labute approximate surface area is 254 Å². The molecule has 1 atom stereocenters. The summed E-state index contributed by atoms with van der Waals surface area (Å²) < 4.78 is 29.2. The molecule has 0 heterocycles. The summed E-state index contributed by atoms with van der Waals surface area (Å²) >= 11 is 6.20. The van der Waals surface area contributed by atoms with E-state index < -0.39 is 28.5 Å². The number of nitrogens with zero attached hydrogens (tertiary/aromatic N) is 2. The number of carbonyl (C=O) groups excluding carboxylic acids is 2. The smallest absolute Gasteiger partial charge is 0.264 e. The van der Waals surface area contributed by atoms with Gasteiger partial charge in [-0.15, -0.1) is 0 Å². The lowest BCUT2D eigenvalue weighted by molar-refractivity contribution is -0.139. The summed E-state index contributed by atoms with van der Waals surface area (Å²) in [6.07, 6.45) is 5.14. The van der Waals surface area contributed by atoms with E-state index in [1.807, 2.05) is 38.1 Å². The van der Waals surface area contributed by atoms with Gasteiger partial charge in [0.15, 0.2) is 0 Å². The van der Waals surface area contributed by atoms with E-state index in [1.165, 1.54) is 17.0 Å². The number of nitrogens with one attached hydrogen (secondary N) is 1. The Morgan fingerprint density at radius 1 is 0.905 bits per heavy atom. The van der Waals surface area contributed by atoms with Gasteiger partial charge in [-0.05, 0) is 82.0 Å². The molecule has 0 aliphatic heterocycles. The number of benzene rings is 3. The zero-order valence-corrected chi connectivity index (χ0v) is 26.3. The largest absolute Gasteiger partial charge is 0.352 e. The van der Waals surface area contributed by atoms with Crippen LogP contribution in [0.5, 0.6) is 0 Å². The molecule has 0 aromatic heterocycles. The van der Waals surface area contributed by atoms with Gasteiger partial charge in [-0.1, -0.05) is 78.4 Å². The molecule has 3 aromatic carbocycles. The summed E-state index contributed by atoms with van der Waals surface area (Å²) in [7, 11) is -4.14. The van der Waals surface area contributed by atoms with Crippen molar-refractivity contribution in [2.45, 2.75) is 83.3 Å². The Bertz CT molecular complexity index is 1500. The fourth-order valence-electron chi connectivity index (χ4n) is 5.29. The number of hydrogen-bond acceptors (Lipinski definition) is 4. The molecule has 0 spiro atoms. The highest BCUT2D eigenvalue weighted by Gasteiger charge is 2.33. The minimum atomic E-state index is -4.14. The minimum Gasteiger partial charge on any atom is -0.352 e. The standard InChI is InChI=1S/C33H40ClN3O4S/c1-23-10-14-27(15-11-23)21-36(26(4)33(39)35-29-8-6-5-7-9-29)32(38)22-37(31-19-16-28(34)20-25(31)3)42(40,41)30-17-12-24(2)13-18-30/h10-20,26,29H,5-9,21-22H2,1-4H3,(H,35,39). The lowest BCUT2D eigenvalue weighted by Gasteiger charge is -2.33. The molecule has 0 bridgehead atoms. The molecule has 0 saturated heterocycles. The van der Waals surface area contributed by atoms with Crippen LogP contribution in [0.2, 0.25) is 5.02 Å².